The Balaban J connectivity index is 1.24. The lowest BCUT2D eigenvalue weighted by Gasteiger charge is -2.35. The van der Waals surface area contributed by atoms with Crippen LogP contribution in [0, 0.1) is 5.82 Å². The number of halogens is 1. The topological polar surface area (TPSA) is 28.2 Å². The Kier molecular flexibility index (Phi) is 7.78. The Bertz CT molecular complexity index is 816. The average molecular weight is 428 g/mol. The third-order valence-corrected chi connectivity index (χ3v) is 6.34. The highest BCUT2D eigenvalue weighted by molar-refractivity contribution is 5.43. The van der Waals surface area contributed by atoms with E-state index in [1.165, 1.54) is 56.7 Å². The normalized spacial score (nSPS) is 18.4. The number of hydrogen-bond acceptors (Lipinski definition) is 5. The summed E-state index contributed by atoms with van der Waals surface area (Å²) in [5.41, 5.74) is 2.16. The van der Waals surface area contributed by atoms with Crippen LogP contribution in [0.4, 0.5) is 4.39 Å². The van der Waals surface area contributed by atoms with Crippen molar-refractivity contribution in [1.29, 1.82) is 0 Å². The van der Waals surface area contributed by atoms with Gasteiger partial charge in [-0.15, -0.1) is 0 Å². The van der Waals surface area contributed by atoms with Gasteiger partial charge in [-0.25, -0.2) is 4.39 Å². The maximum atomic E-state index is 13.1. The largest absolute Gasteiger partial charge is 0.493 e. The molecule has 0 amide bonds. The standard InChI is InChI=1S/C25H34FN3O2/c1-30-25-18-22(6-9-24(25)31-20-21-4-7-23(26)8-5-21)19-29-16-14-28(15-17-29)13-12-27-10-2-3-11-27/h4-9,18H,2-3,10-17,19-20H2,1H3. The van der Waals surface area contributed by atoms with Gasteiger partial charge < -0.3 is 14.4 Å². The number of ether oxygens (including phenoxy) is 2. The Hall–Kier alpha value is -2.15. The van der Waals surface area contributed by atoms with E-state index in [1.54, 1.807) is 19.2 Å². The molecule has 4 rings (SSSR count). The lowest BCUT2D eigenvalue weighted by Crippen LogP contribution is -2.47. The smallest absolute Gasteiger partial charge is 0.161 e. The molecule has 0 N–H and O–H groups in total. The van der Waals surface area contributed by atoms with E-state index < -0.39 is 0 Å². The molecule has 2 aliphatic rings. The monoisotopic (exact) mass is 427 g/mol. The summed E-state index contributed by atoms with van der Waals surface area (Å²) in [5, 5.41) is 0. The molecule has 0 spiro atoms. The SMILES string of the molecule is COc1cc(CN2CCN(CCN3CCCC3)CC2)ccc1OCc1ccc(F)cc1. The highest BCUT2D eigenvalue weighted by atomic mass is 19.1. The van der Waals surface area contributed by atoms with Gasteiger partial charge in [0.25, 0.3) is 0 Å². The van der Waals surface area contributed by atoms with Gasteiger partial charge in [0.05, 0.1) is 7.11 Å². The number of methoxy groups -OCH3 is 1. The van der Waals surface area contributed by atoms with Crippen LogP contribution < -0.4 is 9.47 Å². The fourth-order valence-electron chi connectivity index (χ4n) is 4.39. The molecule has 0 atom stereocenters. The summed E-state index contributed by atoms with van der Waals surface area (Å²) in [4.78, 5) is 7.71. The number of rotatable bonds is 9. The molecule has 2 saturated heterocycles. The molecule has 0 radical (unpaired) electrons. The van der Waals surface area contributed by atoms with Crippen molar-refractivity contribution in [3.05, 3.63) is 59.4 Å². The van der Waals surface area contributed by atoms with Crippen molar-refractivity contribution < 1.29 is 13.9 Å². The molecule has 0 bridgehead atoms. The minimum absolute atomic E-state index is 0.238. The van der Waals surface area contributed by atoms with Crippen LogP contribution in [0.5, 0.6) is 11.5 Å². The maximum Gasteiger partial charge on any atom is 0.161 e. The van der Waals surface area contributed by atoms with Gasteiger partial charge in [0.1, 0.15) is 12.4 Å². The van der Waals surface area contributed by atoms with Gasteiger partial charge in [-0.1, -0.05) is 18.2 Å². The molecule has 6 heteroatoms. The second kappa shape index (κ2) is 10.9. The summed E-state index contributed by atoms with van der Waals surface area (Å²) in [7, 11) is 1.67. The molecule has 2 aromatic rings. The van der Waals surface area contributed by atoms with Crippen LogP contribution in [0.3, 0.4) is 0 Å². The molecule has 0 aliphatic carbocycles. The van der Waals surface area contributed by atoms with E-state index in [1.807, 2.05) is 6.07 Å². The first kappa shape index (κ1) is 22.1. The van der Waals surface area contributed by atoms with Crippen LogP contribution in [0.15, 0.2) is 42.5 Å². The van der Waals surface area contributed by atoms with E-state index in [-0.39, 0.29) is 5.82 Å². The summed E-state index contributed by atoms with van der Waals surface area (Å²) in [6, 6.07) is 12.5. The fraction of sp³-hybridized carbons (Fsp3) is 0.520. The minimum Gasteiger partial charge on any atom is -0.493 e. The molecule has 0 saturated carbocycles. The molecule has 2 heterocycles. The van der Waals surface area contributed by atoms with Crippen molar-refractivity contribution in [3.8, 4) is 11.5 Å². The van der Waals surface area contributed by atoms with E-state index >= 15 is 0 Å². The van der Waals surface area contributed by atoms with Crippen molar-refractivity contribution in [3.63, 3.8) is 0 Å². The first-order valence-corrected chi connectivity index (χ1v) is 11.4. The Morgan fingerprint density at radius 2 is 1.35 bits per heavy atom. The van der Waals surface area contributed by atoms with Crippen LogP contribution >= 0.6 is 0 Å². The number of nitrogens with zero attached hydrogens (tertiary/aromatic N) is 3. The third-order valence-electron chi connectivity index (χ3n) is 6.34. The first-order chi connectivity index (χ1) is 15.2. The van der Waals surface area contributed by atoms with E-state index in [0.29, 0.717) is 12.4 Å². The van der Waals surface area contributed by atoms with Crippen molar-refractivity contribution in [2.45, 2.75) is 26.0 Å². The van der Waals surface area contributed by atoms with Gasteiger partial charge in [0.15, 0.2) is 11.5 Å². The summed E-state index contributed by atoms with van der Waals surface area (Å²) in [5.74, 6) is 1.21. The third kappa shape index (κ3) is 6.42. The molecule has 2 aromatic carbocycles. The second-order valence-corrected chi connectivity index (χ2v) is 8.57. The van der Waals surface area contributed by atoms with E-state index in [9.17, 15) is 4.39 Å². The zero-order chi connectivity index (χ0) is 21.5. The molecule has 0 unspecified atom stereocenters. The van der Waals surface area contributed by atoms with Crippen LogP contribution in [0.2, 0.25) is 0 Å². The Morgan fingerprint density at radius 3 is 2.03 bits per heavy atom. The van der Waals surface area contributed by atoms with Gasteiger partial charge in [0, 0.05) is 45.8 Å². The molecule has 168 valence electrons. The predicted molar refractivity (Wildman–Crippen MR) is 121 cm³/mol. The number of hydrogen-bond donors (Lipinski definition) is 0. The van der Waals surface area contributed by atoms with Gasteiger partial charge >= 0.3 is 0 Å². The molecular weight excluding hydrogens is 393 g/mol. The lowest BCUT2D eigenvalue weighted by atomic mass is 10.1. The van der Waals surface area contributed by atoms with Gasteiger partial charge in [-0.05, 0) is 61.3 Å². The maximum absolute atomic E-state index is 13.1. The summed E-state index contributed by atoms with van der Waals surface area (Å²) >= 11 is 0. The molecule has 5 nitrogen and oxygen atoms in total. The van der Waals surface area contributed by atoms with Gasteiger partial charge in [-0.3, -0.25) is 9.80 Å². The molecule has 31 heavy (non-hydrogen) atoms. The Morgan fingerprint density at radius 1 is 0.742 bits per heavy atom. The minimum atomic E-state index is -0.238. The van der Waals surface area contributed by atoms with Crippen LogP contribution in [0.25, 0.3) is 0 Å². The quantitative estimate of drug-likeness (QED) is 0.610. The number of likely N-dealkylation sites (tertiary alicyclic amines) is 1. The molecule has 2 fully saturated rings. The predicted octanol–water partition coefficient (Wildman–Crippen LogP) is 3.63. The van der Waals surface area contributed by atoms with Crippen LogP contribution in [-0.2, 0) is 13.2 Å². The lowest BCUT2D eigenvalue weighted by molar-refractivity contribution is 0.117. The van der Waals surface area contributed by atoms with Crippen molar-refractivity contribution in [1.82, 2.24) is 14.7 Å². The highest BCUT2D eigenvalue weighted by Crippen LogP contribution is 2.29. The summed E-state index contributed by atoms with van der Waals surface area (Å²) in [6.07, 6.45) is 2.74. The summed E-state index contributed by atoms with van der Waals surface area (Å²) in [6.45, 7) is 10.8. The molecular formula is C25H34FN3O2. The van der Waals surface area contributed by atoms with Crippen LogP contribution in [-0.4, -0.2) is 74.2 Å². The van der Waals surface area contributed by atoms with Crippen molar-refractivity contribution >= 4 is 0 Å². The average Bonchev–Trinajstić information content (AvgIpc) is 3.32. The van der Waals surface area contributed by atoms with E-state index in [4.69, 9.17) is 9.47 Å². The van der Waals surface area contributed by atoms with Gasteiger partial charge in [-0.2, -0.15) is 0 Å². The van der Waals surface area contributed by atoms with Gasteiger partial charge in [0.2, 0.25) is 0 Å². The number of piperazine rings is 1. The number of benzene rings is 2. The van der Waals surface area contributed by atoms with Crippen molar-refractivity contribution in [2.24, 2.45) is 0 Å². The zero-order valence-electron chi connectivity index (χ0n) is 18.6. The Labute approximate surface area is 185 Å². The fourth-order valence-corrected chi connectivity index (χ4v) is 4.39. The van der Waals surface area contributed by atoms with Crippen LogP contribution in [0.1, 0.15) is 24.0 Å². The first-order valence-electron chi connectivity index (χ1n) is 11.4. The molecule has 2 aliphatic heterocycles. The van der Waals surface area contributed by atoms with E-state index in [2.05, 4.69) is 26.8 Å². The summed E-state index contributed by atoms with van der Waals surface area (Å²) < 4.78 is 24.5. The second-order valence-electron chi connectivity index (χ2n) is 8.57. The highest BCUT2D eigenvalue weighted by Gasteiger charge is 2.19. The van der Waals surface area contributed by atoms with E-state index in [0.717, 1.165) is 44.0 Å². The zero-order valence-corrected chi connectivity index (χ0v) is 18.6. The molecule has 0 aromatic heterocycles. The van der Waals surface area contributed by atoms with Crippen molar-refractivity contribution in [2.75, 3.05) is 59.5 Å².